The van der Waals surface area contributed by atoms with Gasteiger partial charge < -0.3 is 4.42 Å². The Morgan fingerprint density at radius 3 is 2.56 bits per heavy atom. The van der Waals surface area contributed by atoms with Crippen LogP contribution in [0.15, 0.2) is 34.7 Å². The zero-order valence-corrected chi connectivity index (χ0v) is 10.1. The fraction of sp³-hybridized carbons (Fsp3) is 0.0833. The van der Waals surface area contributed by atoms with Crippen molar-refractivity contribution < 1.29 is 14.1 Å². The first-order valence-corrected chi connectivity index (χ1v) is 5.42. The van der Waals surface area contributed by atoms with Gasteiger partial charge in [0.15, 0.2) is 11.5 Å². The lowest BCUT2D eigenvalue weighted by Crippen LogP contribution is -1.89. The van der Waals surface area contributed by atoms with Crippen molar-refractivity contribution >= 4 is 23.1 Å². The highest BCUT2D eigenvalue weighted by Gasteiger charge is 2.14. The van der Waals surface area contributed by atoms with Crippen LogP contribution >= 0.6 is 11.6 Å². The normalized spacial score (nSPS) is 10.3. The number of hydrogen-bond acceptors (Lipinski definition) is 4. The van der Waals surface area contributed by atoms with Crippen LogP contribution in [0, 0.1) is 10.1 Å². The topological polar surface area (TPSA) is 73.3 Å². The van der Waals surface area contributed by atoms with Gasteiger partial charge in [0.2, 0.25) is 0 Å². The predicted octanol–water partition coefficient (Wildman–Crippen LogP) is 3.71. The number of nitro benzene ring substituents is 1. The molecule has 0 atom stereocenters. The number of nitro groups is 1. The Morgan fingerprint density at radius 2 is 2.06 bits per heavy atom. The Balaban J connectivity index is 2.42. The van der Waals surface area contributed by atoms with E-state index in [0.717, 1.165) is 0 Å². The van der Waals surface area contributed by atoms with E-state index in [-0.39, 0.29) is 22.3 Å². The Kier molecular flexibility index (Phi) is 3.16. The molecule has 5 nitrogen and oxygen atoms in total. The first kappa shape index (κ1) is 12.3. The number of carbonyl (C=O) groups is 1. The van der Waals surface area contributed by atoms with Gasteiger partial charge in [-0.1, -0.05) is 11.6 Å². The second-order valence-corrected chi connectivity index (χ2v) is 4.05. The van der Waals surface area contributed by atoms with Crippen molar-refractivity contribution in [3.8, 4) is 11.3 Å². The van der Waals surface area contributed by atoms with Crippen LogP contribution in [0.2, 0.25) is 5.02 Å². The number of rotatable bonds is 3. The SMILES string of the molecule is CC(=O)c1ccc(-c2ccc([N+](=O)[O-])c(Cl)c2)o1. The standard InChI is InChI=1S/C12H8ClNO4/c1-7(15)11-4-5-12(18-11)8-2-3-10(14(16)17)9(13)6-8/h2-6H,1H3. The van der Waals surface area contributed by atoms with Gasteiger partial charge >= 0.3 is 0 Å². The number of benzene rings is 1. The van der Waals surface area contributed by atoms with Crippen molar-refractivity contribution in [1.29, 1.82) is 0 Å². The fourth-order valence-corrected chi connectivity index (χ4v) is 1.74. The minimum atomic E-state index is -0.560. The third kappa shape index (κ3) is 2.26. The number of furan rings is 1. The minimum Gasteiger partial charge on any atom is -0.453 e. The van der Waals surface area contributed by atoms with Crippen LogP contribution in [-0.2, 0) is 0 Å². The number of carbonyl (C=O) groups excluding carboxylic acids is 1. The molecule has 6 heteroatoms. The van der Waals surface area contributed by atoms with E-state index in [4.69, 9.17) is 16.0 Å². The monoisotopic (exact) mass is 265 g/mol. The maximum atomic E-state index is 11.1. The summed E-state index contributed by atoms with van der Waals surface area (Å²) in [6, 6.07) is 7.42. The van der Waals surface area contributed by atoms with Crippen LogP contribution in [0.4, 0.5) is 5.69 Å². The van der Waals surface area contributed by atoms with Gasteiger partial charge in [0, 0.05) is 18.6 Å². The quantitative estimate of drug-likeness (QED) is 0.482. The summed E-state index contributed by atoms with van der Waals surface area (Å²) in [5.41, 5.74) is 0.414. The molecule has 0 saturated carbocycles. The highest BCUT2D eigenvalue weighted by molar-refractivity contribution is 6.32. The molecule has 0 aliphatic rings. The number of halogens is 1. The van der Waals surface area contributed by atoms with E-state index in [1.165, 1.54) is 25.1 Å². The van der Waals surface area contributed by atoms with Crippen LogP contribution < -0.4 is 0 Å². The molecule has 18 heavy (non-hydrogen) atoms. The molecule has 0 bridgehead atoms. The van der Waals surface area contributed by atoms with E-state index in [1.807, 2.05) is 0 Å². The molecule has 0 spiro atoms. The summed E-state index contributed by atoms with van der Waals surface area (Å²) in [6.45, 7) is 1.39. The molecule has 0 amide bonds. The van der Waals surface area contributed by atoms with Crippen LogP contribution in [0.5, 0.6) is 0 Å². The summed E-state index contributed by atoms with van der Waals surface area (Å²) < 4.78 is 5.31. The maximum absolute atomic E-state index is 11.1. The smallest absolute Gasteiger partial charge is 0.287 e. The maximum Gasteiger partial charge on any atom is 0.287 e. The first-order valence-electron chi connectivity index (χ1n) is 5.04. The van der Waals surface area contributed by atoms with Gasteiger partial charge in [-0.25, -0.2) is 0 Å². The molecule has 0 aliphatic heterocycles. The molecule has 0 saturated heterocycles. The molecule has 1 aromatic carbocycles. The number of Topliss-reactive ketones (excluding diaryl/α,β-unsaturated/α-hetero) is 1. The summed E-state index contributed by atoms with van der Waals surface area (Å²) in [7, 11) is 0. The third-order valence-corrected chi connectivity index (χ3v) is 2.68. The average molecular weight is 266 g/mol. The van der Waals surface area contributed by atoms with Crippen molar-refractivity contribution in [1.82, 2.24) is 0 Å². The fourth-order valence-electron chi connectivity index (χ4n) is 1.49. The van der Waals surface area contributed by atoms with E-state index in [0.29, 0.717) is 11.3 Å². The molecular formula is C12H8ClNO4. The van der Waals surface area contributed by atoms with Gasteiger partial charge in [-0.2, -0.15) is 0 Å². The van der Waals surface area contributed by atoms with Gasteiger partial charge in [-0.3, -0.25) is 14.9 Å². The van der Waals surface area contributed by atoms with Gasteiger partial charge in [0.05, 0.1) is 4.92 Å². The Morgan fingerprint density at radius 1 is 1.33 bits per heavy atom. The van der Waals surface area contributed by atoms with Gasteiger partial charge in [-0.05, 0) is 24.3 Å². The molecule has 1 heterocycles. The molecule has 0 fully saturated rings. The minimum absolute atomic E-state index is 0.0262. The third-order valence-electron chi connectivity index (χ3n) is 2.38. The summed E-state index contributed by atoms with van der Waals surface area (Å²) in [4.78, 5) is 21.1. The lowest BCUT2D eigenvalue weighted by Gasteiger charge is -1.99. The molecule has 2 rings (SSSR count). The molecule has 1 aromatic heterocycles. The Labute approximate surface area is 107 Å². The van der Waals surface area contributed by atoms with Crippen molar-refractivity contribution in [2.45, 2.75) is 6.92 Å². The van der Waals surface area contributed by atoms with Crippen LogP contribution in [0.1, 0.15) is 17.5 Å². The first-order chi connectivity index (χ1) is 8.49. The lowest BCUT2D eigenvalue weighted by molar-refractivity contribution is -0.384. The summed E-state index contributed by atoms with van der Waals surface area (Å²) in [5, 5.41) is 10.6. The van der Waals surface area contributed by atoms with Crippen molar-refractivity contribution in [3.63, 3.8) is 0 Å². The molecule has 2 aromatic rings. The van der Waals surface area contributed by atoms with Crippen LogP contribution in [0.3, 0.4) is 0 Å². The van der Waals surface area contributed by atoms with E-state index >= 15 is 0 Å². The predicted molar refractivity (Wildman–Crippen MR) is 65.8 cm³/mol. The highest BCUT2D eigenvalue weighted by atomic mass is 35.5. The van der Waals surface area contributed by atoms with Gasteiger partial charge in [0.1, 0.15) is 10.8 Å². The molecule has 0 radical (unpaired) electrons. The highest BCUT2D eigenvalue weighted by Crippen LogP contribution is 2.30. The average Bonchev–Trinajstić information content (AvgIpc) is 2.77. The van der Waals surface area contributed by atoms with Crippen molar-refractivity contribution in [2.75, 3.05) is 0 Å². The Bertz CT molecular complexity index is 633. The van der Waals surface area contributed by atoms with E-state index in [2.05, 4.69) is 0 Å². The van der Waals surface area contributed by atoms with E-state index in [1.54, 1.807) is 12.1 Å². The van der Waals surface area contributed by atoms with Crippen LogP contribution in [-0.4, -0.2) is 10.7 Å². The van der Waals surface area contributed by atoms with Crippen molar-refractivity contribution in [2.24, 2.45) is 0 Å². The summed E-state index contributed by atoms with van der Waals surface area (Å²) in [6.07, 6.45) is 0. The van der Waals surface area contributed by atoms with Crippen molar-refractivity contribution in [3.05, 3.63) is 51.2 Å². The molecular weight excluding hydrogens is 258 g/mol. The summed E-state index contributed by atoms with van der Waals surface area (Å²) in [5.74, 6) is 0.491. The van der Waals surface area contributed by atoms with E-state index < -0.39 is 4.92 Å². The summed E-state index contributed by atoms with van der Waals surface area (Å²) >= 11 is 5.79. The van der Waals surface area contributed by atoms with E-state index in [9.17, 15) is 14.9 Å². The molecule has 92 valence electrons. The molecule has 0 aliphatic carbocycles. The number of ketones is 1. The zero-order chi connectivity index (χ0) is 13.3. The van der Waals surface area contributed by atoms with Gasteiger partial charge in [-0.15, -0.1) is 0 Å². The zero-order valence-electron chi connectivity index (χ0n) is 9.34. The van der Waals surface area contributed by atoms with Gasteiger partial charge in [0.25, 0.3) is 5.69 Å². The number of nitrogens with zero attached hydrogens (tertiary/aromatic N) is 1. The van der Waals surface area contributed by atoms with Crippen LogP contribution in [0.25, 0.3) is 11.3 Å². The second-order valence-electron chi connectivity index (χ2n) is 3.64. The molecule has 0 N–H and O–H groups in total. The number of hydrogen-bond donors (Lipinski definition) is 0. The largest absolute Gasteiger partial charge is 0.453 e. The second kappa shape index (κ2) is 4.62. The Hall–Kier alpha value is -2.14. The lowest BCUT2D eigenvalue weighted by atomic mass is 10.1. The molecule has 0 unspecified atom stereocenters.